The Hall–Kier alpha value is -5.54. The first-order valence-electron chi connectivity index (χ1n) is 28.5. The third kappa shape index (κ3) is 20.8. The monoisotopic (exact) mass is 1300 g/mol. The zero-order chi connectivity index (χ0) is 63.1. The maximum atomic E-state index is 13.6. The highest BCUT2D eigenvalue weighted by atomic mass is 79.9. The molecule has 21 nitrogen and oxygen atoms in total. The van der Waals surface area contributed by atoms with Gasteiger partial charge in [-0.05, 0) is 149 Å². The van der Waals surface area contributed by atoms with Crippen molar-refractivity contribution in [2.24, 2.45) is 5.73 Å². The first kappa shape index (κ1) is 71.9. The third-order valence-corrected chi connectivity index (χ3v) is 15.0. The second kappa shape index (κ2) is 35.9. The van der Waals surface area contributed by atoms with Crippen LogP contribution >= 0.6 is 31.9 Å². The number of carbonyl (C=O) groups excluding carboxylic acids is 4. The number of nitrogens with zero attached hydrogens (tertiary/aromatic N) is 9. The van der Waals surface area contributed by atoms with Crippen LogP contribution < -0.4 is 22.1 Å². The van der Waals surface area contributed by atoms with Crippen molar-refractivity contribution in [2.45, 2.75) is 111 Å². The molecule has 452 valence electrons. The van der Waals surface area contributed by atoms with Crippen LogP contribution in [0.1, 0.15) is 111 Å². The fourth-order valence-corrected chi connectivity index (χ4v) is 10.8. The smallest absolute Gasteiger partial charge is 0.462 e. The summed E-state index contributed by atoms with van der Waals surface area (Å²) >= 11 is 6.46. The second-order valence-electron chi connectivity index (χ2n) is 20.2. The molecule has 5 aromatic heterocycles. The van der Waals surface area contributed by atoms with Crippen LogP contribution in [0.4, 0.5) is 4.39 Å². The number of rotatable bonds is 18. The van der Waals surface area contributed by atoms with Crippen LogP contribution in [0.2, 0.25) is 0 Å². The van der Waals surface area contributed by atoms with Gasteiger partial charge in [-0.3, -0.25) is 29.1 Å². The molecule has 3 aliphatic rings. The first-order valence-corrected chi connectivity index (χ1v) is 30.1. The number of ketones is 1. The van der Waals surface area contributed by atoms with Crippen molar-refractivity contribution < 1.29 is 47.8 Å². The number of pyridine rings is 5. The van der Waals surface area contributed by atoms with E-state index in [2.05, 4.69) is 105 Å². The Morgan fingerprint density at radius 3 is 1.53 bits per heavy atom. The minimum atomic E-state index is -1.74. The van der Waals surface area contributed by atoms with E-state index >= 15 is 0 Å². The second-order valence-corrected chi connectivity index (χ2v) is 22.0. The van der Waals surface area contributed by atoms with Crippen molar-refractivity contribution in [1.29, 1.82) is 0 Å². The van der Waals surface area contributed by atoms with Gasteiger partial charge in [-0.25, -0.2) is 29.3 Å². The number of likely N-dealkylation sites (tertiary alicyclic amines) is 3. The number of fused-ring (bicyclic) bond motifs is 2. The molecule has 5 aromatic rings. The fraction of sp³-hybridized carbons (Fsp3) is 0.518. The number of hydrogen-bond acceptors (Lipinski definition) is 19. The predicted molar refractivity (Wildman–Crippen MR) is 339 cm³/mol. The van der Waals surface area contributed by atoms with E-state index in [4.69, 9.17) is 19.9 Å². The molecule has 3 fully saturated rings. The number of ether oxygens (including phenoxy) is 3. The maximum absolute atomic E-state index is 13.6. The maximum Gasteiger partial charge on any atom is 0.490 e. The lowest BCUT2D eigenvalue weighted by molar-refractivity contribution is -0.138. The Morgan fingerprint density at radius 1 is 0.682 bits per heavy atom. The Morgan fingerprint density at radius 2 is 1.11 bits per heavy atom. The summed E-state index contributed by atoms with van der Waals surface area (Å²) in [5.41, 5.74) is 5.27. The number of nitrogens with two attached hydrogens (primary N) is 1. The van der Waals surface area contributed by atoms with Gasteiger partial charge in [0.1, 0.15) is 28.0 Å². The average molecular weight is 1300 g/mol. The Labute approximate surface area is 518 Å². The Kier molecular flexibility index (Phi) is 30.4. The lowest BCUT2D eigenvalue weighted by Crippen LogP contribution is -2.35. The van der Waals surface area contributed by atoms with Gasteiger partial charge < -0.3 is 44.0 Å². The van der Waals surface area contributed by atoms with E-state index in [9.17, 15) is 43.2 Å². The van der Waals surface area contributed by atoms with Gasteiger partial charge in [0, 0.05) is 133 Å². The number of likely N-dealkylation sites (N-methyl/N-ethyl adjacent to an activating group) is 3. The van der Waals surface area contributed by atoms with Gasteiger partial charge in [0.05, 0.1) is 36.2 Å². The minimum absolute atomic E-state index is 0.0651. The van der Waals surface area contributed by atoms with Crippen LogP contribution in [0, 0.1) is 5.95 Å². The summed E-state index contributed by atoms with van der Waals surface area (Å²) in [5.74, 6) is -3.78. The van der Waals surface area contributed by atoms with Gasteiger partial charge in [-0.1, -0.05) is 20.8 Å². The molecule has 0 aliphatic carbocycles. The summed E-state index contributed by atoms with van der Waals surface area (Å²) in [7, 11) is 15.5. The van der Waals surface area contributed by atoms with Crippen molar-refractivity contribution in [2.75, 3.05) is 79.7 Å². The molecule has 3 saturated heterocycles. The summed E-state index contributed by atoms with van der Waals surface area (Å²) in [6.45, 7) is 20.6. The number of esters is 3. The van der Waals surface area contributed by atoms with Crippen molar-refractivity contribution in [1.82, 2.24) is 43.7 Å². The van der Waals surface area contributed by atoms with E-state index < -0.39 is 48.6 Å². The van der Waals surface area contributed by atoms with E-state index in [-0.39, 0.29) is 58.4 Å². The van der Waals surface area contributed by atoms with Crippen molar-refractivity contribution in [3.8, 4) is 0 Å². The van der Waals surface area contributed by atoms with E-state index in [1.165, 1.54) is 74.2 Å². The van der Waals surface area contributed by atoms with Crippen LogP contribution in [0.3, 0.4) is 0 Å². The lowest BCUT2D eigenvalue weighted by atomic mass is 9.08. The number of Topliss-reactive ketones (excluding diaryl/α,β-unsaturated/α-hetero) is 1. The topological polar surface area (TPSA) is 258 Å². The zero-order valence-corrected chi connectivity index (χ0v) is 53.0. The summed E-state index contributed by atoms with van der Waals surface area (Å²) in [6, 6.07) is 5.73. The quantitative estimate of drug-likeness (QED) is 0.0165. The van der Waals surface area contributed by atoms with Crippen molar-refractivity contribution in [3.63, 3.8) is 0 Å². The molecular weight excluding hydrogens is 1220 g/mol. The largest absolute Gasteiger partial charge is 0.490 e. The van der Waals surface area contributed by atoms with Gasteiger partial charge in [0.15, 0.2) is 0 Å². The molecule has 4 N–H and O–H groups in total. The Bertz CT molecular complexity index is 3190. The minimum Gasteiger partial charge on any atom is -0.462 e. The SMILES string of the molecule is CCN1CCCC1CN.CCOC(=O)/C(=C\N(C)C)C(=O)c1cc(Br)cnc1F.CCOC(=O)c1cn(CC2CCCN2CC)c2ncc(B(O)O)cc2c1=O.CCOC(=O)c1cn(CC2CCCN2CC)c2ncc(Br)cc2c1=O.[B]B([B])[B]. The standard InChI is InChI=1S/C18H24BN3O5.C18H22BrN3O3.C13H14BrFN2O3.C7H16N2.B4/c1-3-21-7-5-6-13(21)10-22-11-15(18(24)27-4-2)16(23)14-8-12(19(25)26)9-20-17(14)22;1-3-21-7-5-6-13(21)10-22-11-15(18(24)25-4-2)16(23)14-8-12(19)9-20-17(14)22;1-4-20-13(19)10(7-17(2)3)11(18)9-5-8(14)6-16-12(9)15;1-2-9-5-3-4-7(9)6-8;1-4(2)3/h8-9,11,13,25-26H,3-7,10H2,1-2H3;8-9,11,13H,3-7,10H2,1-2H3;5-7H,4H2,1-3H3;7H,2-6,8H2,1H3;/b;;10-7-;;. The normalized spacial score (nSPS) is 16.8. The average Bonchev–Trinajstić information content (AvgIpc) is 4.47. The Balaban J connectivity index is 0.000000249. The number of hydrogen-bond donors (Lipinski definition) is 3. The predicted octanol–water partition coefficient (Wildman–Crippen LogP) is 3.64. The lowest BCUT2D eigenvalue weighted by Gasteiger charge is -2.24. The molecule has 0 aromatic carbocycles. The van der Waals surface area contributed by atoms with Crippen LogP contribution in [0.15, 0.2) is 79.5 Å². The molecule has 3 atom stereocenters. The summed E-state index contributed by atoms with van der Waals surface area (Å²) in [5, 5.41) is 19.4. The molecule has 0 bridgehead atoms. The molecule has 3 aliphatic heterocycles. The third-order valence-electron chi connectivity index (χ3n) is 14.1. The van der Waals surface area contributed by atoms with E-state index in [1.807, 2.05) is 4.57 Å². The summed E-state index contributed by atoms with van der Waals surface area (Å²) < 4.78 is 33.4. The fourth-order valence-electron chi connectivity index (χ4n) is 10.1. The molecule has 29 heteroatoms. The van der Waals surface area contributed by atoms with Gasteiger partial charge in [0.25, 0.3) is 0 Å². The van der Waals surface area contributed by atoms with Crippen molar-refractivity contribution >= 4 is 120 Å². The molecule has 0 amide bonds. The zero-order valence-electron chi connectivity index (χ0n) is 49.8. The van der Waals surface area contributed by atoms with Crippen molar-refractivity contribution in [3.05, 3.63) is 113 Å². The van der Waals surface area contributed by atoms with E-state index in [1.54, 1.807) is 57.9 Å². The molecule has 85 heavy (non-hydrogen) atoms. The summed E-state index contributed by atoms with van der Waals surface area (Å²) in [4.78, 5) is 95.0. The first-order chi connectivity index (χ1) is 40.5. The van der Waals surface area contributed by atoms with Crippen LogP contribution in [0.5, 0.6) is 0 Å². The van der Waals surface area contributed by atoms with Crippen LogP contribution in [-0.4, -0.2) is 212 Å². The highest BCUT2D eigenvalue weighted by Gasteiger charge is 2.29. The van der Waals surface area contributed by atoms with Crippen LogP contribution in [-0.2, 0) is 32.1 Å². The number of aromatic nitrogens is 5. The van der Waals surface area contributed by atoms with E-state index in [0.717, 1.165) is 52.0 Å². The molecular formula is C56H76B5Br2FN10O11. The van der Waals surface area contributed by atoms with E-state index in [0.29, 0.717) is 56.8 Å². The molecule has 8 heterocycles. The van der Waals surface area contributed by atoms with Crippen LogP contribution in [0.25, 0.3) is 22.1 Å². The molecule has 0 saturated carbocycles. The van der Waals surface area contributed by atoms with Gasteiger partial charge in [0.2, 0.25) is 22.6 Å². The highest BCUT2D eigenvalue weighted by Crippen LogP contribution is 2.24. The molecule has 3 unspecified atom stereocenters. The number of halogens is 3. The molecule has 0 spiro atoms. The van der Waals surface area contributed by atoms with Gasteiger partial charge in [-0.2, -0.15) is 4.39 Å². The number of carbonyl (C=O) groups is 4. The highest BCUT2D eigenvalue weighted by molar-refractivity contribution is 9.10. The molecule has 6 radical (unpaired) electrons. The van der Waals surface area contributed by atoms with Gasteiger partial charge in [-0.15, -0.1) is 0 Å². The summed E-state index contributed by atoms with van der Waals surface area (Å²) in [6.07, 6.45) is 15.0. The van der Waals surface area contributed by atoms with Gasteiger partial charge >= 0.3 is 25.0 Å². The molecule has 8 rings (SSSR count).